The van der Waals surface area contributed by atoms with Crippen LogP contribution in [0.15, 0.2) is 48.5 Å². The fourth-order valence-corrected chi connectivity index (χ4v) is 4.17. The molecule has 0 atom stereocenters. The quantitative estimate of drug-likeness (QED) is 0.661. The number of fused-ring (bicyclic) bond motifs is 1. The summed E-state index contributed by atoms with van der Waals surface area (Å²) in [7, 11) is 6.19. The van der Waals surface area contributed by atoms with Gasteiger partial charge in [0, 0.05) is 0 Å². The van der Waals surface area contributed by atoms with Gasteiger partial charge in [-0.15, -0.1) is 0 Å². The van der Waals surface area contributed by atoms with Crippen LogP contribution < -0.4 is 0 Å². The van der Waals surface area contributed by atoms with E-state index in [9.17, 15) is 0 Å². The van der Waals surface area contributed by atoms with E-state index in [1.165, 1.54) is 37.5 Å². The Bertz CT molecular complexity index is 711. The van der Waals surface area contributed by atoms with Crippen molar-refractivity contribution in [2.45, 2.75) is 13.8 Å². The molecule has 0 aliphatic heterocycles. The third kappa shape index (κ3) is 2.16. The molecule has 19 heavy (non-hydrogen) atoms. The Kier molecular flexibility index (Phi) is 3.52. The summed E-state index contributed by atoms with van der Waals surface area (Å²) in [5.74, 6) is 0. The Morgan fingerprint density at radius 3 is 2.26 bits per heavy atom. The van der Waals surface area contributed by atoms with E-state index in [4.69, 9.17) is 9.69 Å². The molecule has 0 amide bonds. The molecule has 97 valence electrons. The molecule has 0 spiro atoms. The average Bonchev–Trinajstić information content (AvgIpc) is 2.79. The van der Waals surface area contributed by atoms with E-state index < -0.39 is 0 Å². The molecule has 0 saturated carbocycles. The first-order valence-electron chi connectivity index (χ1n) is 6.21. The molecule has 0 unspecified atom stereocenters. The molecular weight excluding hydrogens is 341 g/mol. The number of benzene rings is 2. The Morgan fingerprint density at radius 1 is 0.842 bits per heavy atom. The molecule has 3 rings (SSSR count). The second-order valence-corrected chi connectivity index (χ2v) is 6.83. The third-order valence-corrected chi connectivity index (χ3v) is 5.49. The summed E-state index contributed by atoms with van der Waals surface area (Å²) < 4.78 is 1.31. The predicted octanol–water partition coefficient (Wildman–Crippen LogP) is 4.51. The summed E-state index contributed by atoms with van der Waals surface area (Å²) in [4.78, 5) is 0. The van der Waals surface area contributed by atoms with E-state index in [1.807, 2.05) is 0 Å². The van der Waals surface area contributed by atoms with E-state index in [1.54, 1.807) is 0 Å². The topological polar surface area (TPSA) is 0 Å². The van der Waals surface area contributed by atoms with Crippen molar-refractivity contribution in [2.75, 3.05) is 0 Å². The molecule has 0 nitrogen and oxygen atoms in total. The van der Waals surface area contributed by atoms with Crippen LogP contribution in [0.1, 0.15) is 27.8 Å². The second kappa shape index (κ2) is 5.15. The normalized spacial score (nSPS) is 15.9. The van der Waals surface area contributed by atoms with Crippen LogP contribution in [0.2, 0.25) is 0 Å². The zero-order valence-electron chi connectivity index (χ0n) is 10.9. The molecule has 1 aliphatic carbocycles. The minimum atomic E-state index is -0.237. The number of allylic oxidation sites excluding steroid dienone is 1. The van der Waals surface area contributed by atoms with Gasteiger partial charge in [-0.05, 0) is 0 Å². The summed E-state index contributed by atoms with van der Waals surface area (Å²) in [6.45, 7) is 4.35. The molecule has 0 heterocycles. The van der Waals surface area contributed by atoms with Gasteiger partial charge >= 0.3 is 125 Å². The second-order valence-electron chi connectivity index (χ2n) is 4.77. The van der Waals surface area contributed by atoms with Gasteiger partial charge in [0.05, 0.1) is 0 Å². The van der Waals surface area contributed by atoms with Crippen LogP contribution >= 0.6 is 9.69 Å². The molecular formula is C17H14ClRu. The molecule has 2 heteroatoms. The van der Waals surface area contributed by atoms with Gasteiger partial charge in [-0.1, -0.05) is 0 Å². The SMILES string of the molecule is Cc1ccccc1C1=C[C](=[Ru][Cl])c2cccc(C)c21. The first kappa shape index (κ1) is 13.0. The maximum atomic E-state index is 6.19. The van der Waals surface area contributed by atoms with Crippen molar-refractivity contribution in [3.8, 4) is 0 Å². The first-order valence-corrected chi connectivity index (χ1v) is 9.32. The predicted molar refractivity (Wildman–Crippen MR) is 79.4 cm³/mol. The fourth-order valence-electron chi connectivity index (χ4n) is 2.64. The van der Waals surface area contributed by atoms with E-state index in [0.717, 1.165) is 0 Å². The van der Waals surface area contributed by atoms with E-state index in [-0.39, 0.29) is 15.7 Å². The van der Waals surface area contributed by atoms with Crippen molar-refractivity contribution in [3.63, 3.8) is 0 Å². The molecule has 0 fully saturated rings. The van der Waals surface area contributed by atoms with Crippen LogP contribution in [-0.4, -0.2) is 4.11 Å². The monoisotopic (exact) mass is 355 g/mol. The number of aryl methyl sites for hydroxylation is 2. The van der Waals surface area contributed by atoms with E-state index >= 15 is 0 Å². The van der Waals surface area contributed by atoms with E-state index in [0.29, 0.717) is 0 Å². The molecule has 0 bridgehead atoms. The van der Waals surface area contributed by atoms with Gasteiger partial charge in [-0.25, -0.2) is 0 Å². The number of hydrogen-bond acceptors (Lipinski definition) is 0. The van der Waals surface area contributed by atoms with Gasteiger partial charge in [0.2, 0.25) is 0 Å². The zero-order chi connectivity index (χ0) is 13.4. The summed E-state index contributed by atoms with van der Waals surface area (Å²) in [5, 5.41) is 0. The molecule has 0 aromatic heterocycles. The van der Waals surface area contributed by atoms with Gasteiger partial charge in [-0.2, -0.15) is 0 Å². The summed E-state index contributed by atoms with van der Waals surface area (Å²) in [5.41, 5.74) is 7.98. The summed E-state index contributed by atoms with van der Waals surface area (Å²) in [6, 6.07) is 15.0. The van der Waals surface area contributed by atoms with Gasteiger partial charge in [-0.3, -0.25) is 0 Å². The van der Waals surface area contributed by atoms with Gasteiger partial charge in [0.25, 0.3) is 0 Å². The average molecular weight is 355 g/mol. The standard InChI is InChI=1S/C17H14.ClH.Ru/c1-12-6-3-4-9-15(12)16-11-10-14-8-5-7-13(2)17(14)16;;/h3-9,11H,1-2H3;1H;/q;;+1/p-1. The Balaban J connectivity index is 2.29. The molecule has 0 saturated heterocycles. The fraction of sp³-hybridized carbons (Fsp3) is 0.118. The number of hydrogen-bond donors (Lipinski definition) is 0. The molecule has 0 radical (unpaired) electrons. The van der Waals surface area contributed by atoms with Crippen LogP contribution in [0, 0.1) is 13.8 Å². The Hall–Kier alpha value is -1.04. The van der Waals surface area contributed by atoms with Crippen LogP contribution in [0.3, 0.4) is 0 Å². The number of halogens is 1. The van der Waals surface area contributed by atoms with Crippen LogP contribution in [0.25, 0.3) is 5.57 Å². The van der Waals surface area contributed by atoms with Crippen molar-refractivity contribution < 1.29 is 15.7 Å². The third-order valence-electron chi connectivity index (χ3n) is 3.57. The van der Waals surface area contributed by atoms with Gasteiger partial charge < -0.3 is 0 Å². The van der Waals surface area contributed by atoms with Gasteiger partial charge in [0.15, 0.2) is 0 Å². The Labute approximate surface area is 125 Å². The molecule has 2 aromatic carbocycles. The van der Waals surface area contributed by atoms with Crippen molar-refractivity contribution in [3.05, 3.63) is 76.4 Å². The summed E-state index contributed by atoms with van der Waals surface area (Å²) in [6.07, 6.45) is 2.28. The zero-order valence-corrected chi connectivity index (χ0v) is 13.3. The van der Waals surface area contributed by atoms with Crippen molar-refractivity contribution in [1.82, 2.24) is 0 Å². The van der Waals surface area contributed by atoms with Crippen molar-refractivity contribution in [2.24, 2.45) is 0 Å². The van der Waals surface area contributed by atoms with Gasteiger partial charge in [0.1, 0.15) is 0 Å². The van der Waals surface area contributed by atoms with Crippen LogP contribution in [0.5, 0.6) is 0 Å². The molecule has 0 N–H and O–H groups in total. The van der Waals surface area contributed by atoms with Crippen LogP contribution in [-0.2, 0) is 15.7 Å². The first-order chi connectivity index (χ1) is 9.22. The van der Waals surface area contributed by atoms with Crippen molar-refractivity contribution in [1.29, 1.82) is 0 Å². The molecule has 1 aliphatic rings. The Morgan fingerprint density at radius 2 is 1.53 bits per heavy atom. The molecule has 2 aromatic rings. The van der Waals surface area contributed by atoms with E-state index in [2.05, 4.69) is 62.4 Å². The minimum absolute atomic E-state index is 0.237. The maximum absolute atomic E-state index is 6.19. The number of rotatable bonds is 1. The van der Waals surface area contributed by atoms with Crippen molar-refractivity contribution >= 4 is 19.4 Å². The summed E-state index contributed by atoms with van der Waals surface area (Å²) >= 11 is -0.237. The van der Waals surface area contributed by atoms with Crippen LogP contribution in [0.4, 0.5) is 0 Å².